The zero-order chi connectivity index (χ0) is 18.3. The van der Waals surface area contributed by atoms with Crippen LogP contribution in [0.4, 0.5) is 5.69 Å². The predicted molar refractivity (Wildman–Crippen MR) is 102 cm³/mol. The van der Waals surface area contributed by atoms with Gasteiger partial charge in [0, 0.05) is 18.1 Å². The normalized spacial score (nSPS) is 16.2. The standard InChI is InChI=1S/C17H26ClN3O3S/c1-25(23,24)21(16-8-6-7-15(18)13-16)14-17(22)19-9-12-20-10-4-2-3-5-11-20/h6-8,13H,2-5,9-12,14H2,1H3,(H,19,22). The molecule has 1 aromatic carbocycles. The van der Waals surface area contributed by atoms with Crippen LogP contribution in [-0.4, -0.2) is 58.2 Å². The molecule has 1 saturated heterocycles. The summed E-state index contributed by atoms with van der Waals surface area (Å²) in [5.74, 6) is -0.319. The molecular formula is C17H26ClN3O3S. The van der Waals surface area contributed by atoms with Gasteiger partial charge in [-0.2, -0.15) is 0 Å². The summed E-state index contributed by atoms with van der Waals surface area (Å²) in [6, 6.07) is 6.48. The van der Waals surface area contributed by atoms with E-state index in [4.69, 9.17) is 11.6 Å². The molecule has 0 spiro atoms. The Balaban J connectivity index is 1.89. The Hall–Kier alpha value is -1.31. The van der Waals surface area contributed by atoms with Crippen LogP contribution in [-0.2, 0) is 14.8 Å². The minimum Gasteiger partial charge on any atom is -0.353 e. The van der Waals surface area contributed by atoms with E-state index in [1.165, 1.54) is 31.7 Å². The van der Waals surface area contributed by atoms with E-state index in [1.54, 1.807) is 18.2 Å². The molecule has 25 heavy (non-hydrogen) atoms. The molecule has 0 atom stereocenters. The number of hydrogen-bond acceptors (Lipinski definition) is 4. The second-order valence-electron chi connectivity index (χ2n) is 6.36. The zero-order valence-corrected chi connectivity index (χ0v) is 16.2. The van der Waals surface area contributed by atoms with E-state index in [0.29, 0.717) is 17.3 Å². The van der Waals surface area contributed by atoms with Crippen LogP contribution < -0.4 is 9.62 Å². The molecule has 0 aromatic heterocycles. The molecule has 0 saturated carbocycles. The summed E-state index contributed by atoms with van der Waals surface area (Å²) in [6.45, 7) is 3.19. The Labute approximate surface area is 155 Å². The topological polar surface area (TPSA) is 69.7 Å². The molecule has 2 rings (SSSR count). The Morgan fingerprint density at radius 1 is 1.24 bits per heavy atom. The van der Waals surface area contributed by atoms with Crippen LogP contribution in [0.2, 0.25) is 5.02 Å². The average molecular weight is 388 g/mol. The van der Waals surface area contributed by atoms with Crippen LogP contribution in [0.25, 0.3) is 0 Å². The van der Waals surface area contributed by atoms with Gasteiger partial charge in [0.25, 0.3) is 0 Å². The van der Waals surface area contributed by atoms with Gasteiger partial charge in [-0.3, -0.25) is 9.10 Å². The number of likely N-dealkylation sites (tertiary alicyclic amines) is 1. The van der Waals surface area contributed by atoms with Gasteiger partial charge >= 0.3 is 0 Å². The molecule has 0 aliphatic carbocycles. The molecule has 1 aromatic rings. The molecule has 0 radical (unpaired) electrons. The van der Waals surface area contributed by atoms with Crippen molar-refractivity contribution in [1.82, 2.24) is 10.2 Å². The monoisotopic (exact) mass is 387 g/mol. The third-order valence-electron chi connectivity index (χ3n) is 4.23. The van der Waals surface area contributed by atoms with Crippen molar-refractivity contribution in [1.29, 1.82) is 0 Å². The lowest BCUT2D eigenvalue weighted by molar-refractivity contribution is -0.119. The molecule has 6 nitrogen and oxygen atoms in total. The van der Waals surface area contributed by atoms with E-state index >= 15 is 0 Å². The van der Waals surface area contributed by atoms with Crippen molar-refractivity contribution >= 4 is 33.2 Å². The van der Waals surface area contributed by atoms with Gasteiger partial charge in [0.2, 0.25) is 15.9 Å². The summed E-state index contributed by atoms with van der Waals surface area (Å²) < 4.78 is 25.1. The maximum Gasteiger partial charge on any atom is 0.240 e. The maximum atomic E-state index is 12.2. The Morgan fingerprint density at radius 3 is 2.52 bits per heavy atom. The number of anilines is 1. The molecule has 1 N–H and O–H groups in total. The molecule has 1 aliphatic rings. The fraction of sp³-hybridized carbons (Fsp3) is 0.588. The second kappa shape index (κ2) is 9.40. The number of nitrogens with one attached hydrogen (secondary N) is 1. The maximum absolute atomic E-state index is 12.2. The minimum absolute atomic E-state index is 0.251. The number of amides is 1. The number of rotatable bonds is 7. The van der Waals surface area contributed by atoms with Crippen molar-refractivity contribution in [3.8, 4) is 0 Å². The van der Waals surface area contributed by atoms with Gasteiger partial charge in [0.05, 0.1) is 11.9 Å². The quantitative estimate of drug-likeness (QED) is 0.777. The van der Waals surface area contributed by atoms with E-state index in [2.05, 4.69) is 10.2 Å². The number of carbonyl (C=O) groups excluding carboxylic acids is 1. The lowest BCUT2D eigenvalue weighted by Crippen LogP contribution is -2.42. The Morgan fingerprint density at radius 2 is 1.92 bits per heavy atom. The number of hydrogen-bond donors (Lipinski definition) is 1. The highest BCUT2D eigenvalue weighted by molar-refractivity contribution is 7.92. The Kier molecular flexibility index (Phi) is 7.53. The van der Waals surface area contributed by atoms with E-state index in [9.17, 15) is 13.2 Å². The third kappa shape index (κ3) is 6.84. The summed E-state index contributed by atoms with van der Waals surface area (Å²) in [4.78, 5) is 14.5. The van der Waals surface area contributed by atoms with E-state index in [1.807, 2.05) is 0 Å². The lowest BCUT2D eigenvalue weighted by atomic mass is 10.2. The van der Waals surface area contributed by atoms with Gasteiger partial charge in [0.1, 0.15) is 6.54 Å². The first-order valence-corrected chi connectivity index (χ1v) is 10.8. The number of sulfonamides is 1. The first-order valence-electron chi connectivity index (χ1n) is 8.58. The van der Waals surface area contributed by atoms with Crippen LogP contribution in [0.3, 0.4) is 0 Å². The van der Waals surface area contributed by atoms with Crippen molar-refractivity contribution in [2.24, 2.45) is 0 Å². The predicted octanol–water partition coefficient (Wildman–Crippen LogP) is 2.10. The van der Waals surface area contributed by atoms with Gasteiger partial charge < -0.3 is 10.2 Å². The molecule has 140 valence electrons. The van der Waals surface area contributed by atoms with Crippen molar-refractivity contribution in [2.75, 3.05) is 43.3 Å². The third-order valence-corrected chi connectivity index (χ3v) is 5.61. The highest BCUT2D eigenvalue weighted by Gasteiger charge is 2.21. The molecule has 1 aliphatic heterocycles. The van der Waals surface area contributed by atoms with Crippen LogP contribution >= 0.6 is 11.6 Å². The van der Waals surface area contributed by atoms with Crippen LogP contribution in [0.15, 0.2) is 24.3 Å². The molecule has 1 fully saturated rings. The molecule has 0 bridgehead atoms. The smallest absolute Gasteiger partial charge is 0.240 e. The van der Waals surface area contributed by atoms with Crippen LogP contribution in [0.5, 0.6) is 0 Å². The molecule has 1 heterocycles. The largest absolute Gasteiger partial charge is 0.353 e. The molecule has 0 unspecified atom stereocenters. The van der Waals surface area contributed by atoms with Crippen LogP contribution in [0, 0.1) is 0 Å². The highest BCUT2D eigenvalue weighted by Crippen LogP contribution is 2.21. The van der Waals surface area contributed by atoms with E-state index in [-0.39, 0.29) is 12.5 Å². The van der Waals surface area contributed by atoms with Gasteiger partial charge in [-0.05, 0) is 44.1 Å². The minimum atomic E-state index is -3.58. The summed E-state index contributed by atoms with van der Waals surface area (Å²) in [5.41, 5.74) is 0.387. The molecule has 8 heteroatoms. The lowest BCUT2D eigenvalue weighted by Gasteiger charge is -2.23. The summed E-state index contributed by atoms with van der Waals surface area (Å²) >= 11 is 5.93. The van der Waals surface area contributed by atoms with Crippen molar-refractivity contribution < 1.29 is 13.2 Å². The first-order chi connectivity index (χ1) is 11.9. The Bertz CT molecular complexity index is 673. The molecular weight excluding hydrogens is 362 g/mol. The number of halogens is 1. The number of benzene rings is 1. The van der Waals surface area contributed by atoms with E-state index in [0.717, 1.165) is 30.2 Å². The summed E-state index contributed by atoms with van der Waals surface area (Å²) in [7, 11) is -3.58. The van der Waals surface area contributed by atoms with E-state index < -0.39 is 10.0 Å². The van der Waals surface area contributed by atoms with Gasteiger partial charge in [-0.15, -0.1) is 0 Å². The van der Waals surface area contributed by atoms with Crippen molar-refractivity contribution in [2.45, 2.75) is 25.7 Å². The average Bonchev–Trinajstić information content (AvgIpc) is 2.80. The number of nitrogens with zero attached hydrogens (tertiary/aromatic N) is 2. The van der Waals surface area contributed by atoms with Crippen molar-refractivity contribution in [3.63, 3.8) is 0 Å². The zero-order valence-electron chi connectivity index (χ0n) is 14.6. The summed E-state index contributed by atoms with van der Waals surface area (Å²) in [6.07, 6.45) is 6.02. The fourth-order valence-corrected chi connectivity index (χ4v) is 3.96. The van der Waals surface area contributed by atoms with Gasteiger partial charge in [-0.1, -0.05) is 30.5 Å². The second-order valence-corrected chi connectivity index (χ2v) is 8.70. The highest BCUT2D eigenvalue weighted by atomic mass is 35.5. The fourth-order valence-electron chi connectivity index (χ4n) is 2.93. The van der Waals surface area contributed by atoms with Crippen LogP contribution in [0.1, 0.15) is 25.7 Å². The molecule has 1 amide bonds. The van der Waals surface area contributed by atoms with Gasteiger partial charge in [-0.25, -0.2) is 8.42 Å². The van der Waals surface area contributed by atoms with Gasteiger partial charge in [0.15, 0.2) is 0 Å². The SMILES string of the molecule is CS(=O)(=O)N(CC(=O)NCCN1CCCCCC1)c1cccc(Cl)c1. The number of carbonyl (C=O) groups is 1. The summed E-state index contributed by atoms with van der Waals surface area (Å²) in [5, 5.41) is 3.24. The van der Waals surface area contributed by atoms with Crippen molar-refractivity contribution in [3.05, 3.63) is 29.3 Å². The first kappa shape index (κ1) is 20.0.